The lowest BCUT2D eigenvalue weighted by molar-refractivity contribution is 0.0837. The normalized spacial score (nSPS) is 30.2. The third kappa shape index (κ3) is 1.99. The zero-order valence-electron chi connectivity index (χ0n) is 8.56. The molecule has 0 amide bonds. The first kappa shape index (κ1) is 10.0. The molecular weight excluding hydrogens is 148 g/mol. The highest BCUT2D eigenvalue weighted by Crippen LogP contribution is 2.40. The first-order valence-electron chi connectivity index (χ1n) is 4.92. The van der Waals surface area contributed by atoms with E-state index in [0.29, 0.717) is 5.92 Å². The summed E-state index contributed by atoms with van der Waals surface area (Å²) in [5.74, 6) is 0.471. The summed E-state index contributed by atoms with van der Waals surface area (Å²) in [5, 5.41) is 0. The minimum Gasteiger partial charge on any atom is -0.313 e. The van der Waals surface area contributed by atoms with Gasteiger partial charge in [0.2, 0.25) is 0 Å². The average Bonchev–Trinajstić information content (AvgIpc) is 1.83. The van der Waals surface area contributed by atoms with Crippen LogP contribution in [0.15, 0.2) is 0 Å². The zero-order valence-corrected chi connectivity index (χ0v) is 8.56. The minimum atomic E-state index is -0.420. The fraction of sp³-hybridized carbons (Fsp3) is 1.00. The quantitative estimate of drug-likeness (QED) is 0.545. The topological polar surface area (TPSA) is 52.0 Å². The van der Waals surface area contributed by atoms with Crippen molar-refractivity contribution in [3.63, 3.8) is 0 Å². The Morgan fingerprint density at radius 3 is 2.08 bits per heavy atom. The van der Waals surface area contributed by atoms with Gasteiger partial charge in [0, 0.05) is 0 Å². The monoisotopic (exact) mass is 170 g/mol. The van der Waals surface area contributed by atoms with Crippen LogP contribution in [-0.2, 0) is 0 Å². The Bertz CT molecular complexity index is 156. The molecule has 0 saturated heterocycles. The van der Waals surface area contributed by atoms with Crippen LogP contribution < -0.4 is 11.5 Å². The summed E-state index contributed by atoms with van der Waals surface area (Å²) < 4.78 is 0. The van der Waals surface area contributed by atoms with Gasteiger partial charge in [-0.1, -0.05) is 33.6 Å². The van der Waals surface area contributed by atoms with Crippen molar-refractivity contribution in [2.45, 2.75) is 52.1 Å². The van der Waals surface area contributed by atoms with Gasteiger partial charge in [-0.15, -0.1) is 0 Å². The van der Waals surface area contributed by atoms with Crippen LogP contribution in [0.1, 0.15) is 46.5 Å². The van der Waals surface area contributed by atoms with Crippen molar-refractivity contribution >= 4 is 0 Å². The number of rotatable bonds is 0. The van der Waals surface area contributed by atoms with Gasteiger partial charge in [-0.3, -0.25) is 0 Å². The smallest absolute Gasteiger partial charge is 0.0670 e. The molecule has 0 spiro atoms. The van der Waals surface area contributed by atoms with Gasteiger partial charge in [-0.05, 0) is 24.2 Å². The highest BCUT2D eigenvalue weighted by molar-refractivity contribution is 4.94. The average molecular weight is 170 g/mol. The van der Waals surface area contributed by atoms with Crippen LogP contribution >= 0.6 is 0 Å². The Morgan fingerprint density at radius 1 is 1.17 bits per heavy atom. The van der Waals surface area contributed by atoms with Crippen molar-refractivity contribution in [2.75, 3.05) is 0 Å². The van der Waals surface area contributed by atoms with E-state index < -0.39 is 5.66 Å². The number of hydrogen-bond acceptors (Lipinski definition) is 2. The third-order valence-electron chi connectivity index (χ3n) is 3.05. The number of nitrogens with two attached hydrogens (primary N) is 2. The molecule has 0 radical (unpaired) electrons. The Hall–Kier alpha value is -0.0800. The molecule has 1 unspecified atom stereocenters. The van der Waals surface area contributed by atoms with Crippen molar-refractivity contribution in [3.8, 4) is 0 Å². The van der Waals surface area contributed by atoms with Crippen molar-refractivity contribution in [1.82, 2.24) is 0 Å². The Labute approximate surface area is 75.7 Å². The fourth-order valence-electron chi connectivity index (χ4n) is 2.46. The minimum absolute atomic E-state index is 0.254. The summed E-state index contributed by atoms with van der Waals surface area (Å²) in [7, 11) is 0. The summed E-state index contributed by atoms with van der Waals surface area (Å²) >= 11 is 0. The van der Waals surface area contributed by atoms with Crippen LogP contribution in [0.2, 0.25) is 0 Å². The molecule has 0 aromatic carbocycles. The summed E-state index contributed by atoms with van der Waals surface area (Å²) in [5.41, 5.74) is 12.0. The molecule has 1 rings (SSSR count). The molecule has 1 fully saturated rings. The predicted octanol–water partition coefficient (Wildman–Crippen LogP) is 1.84. The second-order valence-electron chi connectivity index (χ2n) is 5.28. The molecule has 1 saturated carbocycles. The lowest BCUT2D eigenvalue weighted by Gasteiger charge is -2.45. The van der Waals surface area contributed by atoms with Crippen molar-refractivity contribution < 1.29 is 0 Å². The molecule has 0 aliphatic heterocycles. The van der Waals surface area contributed by atoms with Gasteiger partial charge in [0.05, 0.1) is 5.66 Å². The van der Waals surface area contributed by atoms with E-state index in [0.717, 1.165) is 6.42 Å². The first-order valence-corrected chi connectivity index (χ1v) is 4.92. The van der Waals surface area contributed by atoms with Crippen LogP contribution in [0.4, 0.5) is 0 Å². The van der Waals surface area contributed by atoms with Gasteiger partial charge in [0.1, 0.15) is 0 Å². The maximum Gasteiger partial charge on any atom is 0.0670 e. The van der Waals surface area contributed by atoms with E-state index >= 15 is 0 Å². The van der Waals surface area contributed by atoms with Gasteiger partial charge < -0.3 is 11.5 Å². The second-order valence-corrected chi connectivity index (χ2v) is 5.28. The van der Waals surface area contributed by atoms with E-state index in [4.69, 9.17) is 11.5 Å². The molecule has 1 aliphatic rings. The van der Waals surface area contributed by atoms with E-state index in [-0.39, 0.29) is 5.41 Å². The molecule has 0 heterocycles. The molecular formula is C10H22N2. The molecule has 1 aliphatic carbocycles. The van der Waals surface area contributed by atoms with Crippen molar-refractivity contribution in [2.24, 2.45) is 22.8 Å². The van der Waals surface area contributed by atoms with Crippen LogP contribution in [0.25, 0.3) is 0 Å². The van der Waals surface area contributed by atoms with Gasteiger partial charge >= 0.3 is 0 Å². The Balaban J connectivity index is 2.73. The first-order chi connectivity index (χ1) is 5.34. The second kappa shape index (κ2) is 3.00. The molecule has 72 valence electrons. The van der Waals surface area contributed by atoms with E-state index in [1.54, 1.807) is 0 Å². The SMILES string of the molecule is CC(C)(C)C1CCCCC1(N)N. The third-order valence-corrected chi connectivity index (χ3v) is 3.05. The van der Waals surface area contributed by atoms with Gasteiger partial charge in [-0.25, -0.2) is 0 Å². The van der Waals surface area contributed by atoms with Crippen LogP contribution in [-0.4, -0.2) is 5.66 Å². The Kier molecular flexibility index (Phi) is 2.50. The number of hydrogen-bond donors (Lipinski definition) is 2. The molecule has 12 heavy (non-hydrogen) atoms. The van der Waals surface area contributed by atoms with E-state index in [1.807, 2.05) is 0 Å². The van der Waals surface area contributed by atoms with Gasteiger partial charge in [0.25, 0.3) is 0 Å². The van der Waals surface area contributed by atoms with E-state index in [1.165, 1.54) is 19.3 Å². The maximum absolute atomic E-state index is 6.09. The lowest BCUT2D eigenvalue weighted by Crippen LogP contribution is -2.60. The summed E-state index contributed by atoms with van der Waals surface area (Å²) in [6.07, 6.45) is 4.66. The molecule has 2 nitrogen and oxygen atoms in total. The molecule has 0 bridgehead atoms. The molecule has 2 heteroatoms. The predicted molar refractivity (Wildman–Crippen MR) is 52.5 cm³/mol. The van der Waals surface area contributed by atoms with Crippen molar-refractivity contribution in [1.29, 1.82) is 0 Å². The van der Waals surface area contributed by atoms with Crippen molar-refractivity contribution in [3.05, 3.63) is 0 Å². The van der Waals surface area contributed by atoms with E-state index in [2.05, 4.69) is 20.8 Å². The summed E-state index contributed by atoms with van der Waals surface area (Å²) in [4.78, 5) is 0. The highest BCUT2D eigenvalue weighted by Gasteiger charge is 2.40. The Morgan fingerprint density at radius 2 is 1.75 bits per heavy atom. The highest BCUT2D eigenvalue weighted by atomic mass is 15.0. The molecule has 1 atom stereocenters. The van der Waals surface area contributed by atoms with Crippen LogP contribution in [0.3, 0.4) is 0 Å². The largest absolute Gasteiger partial charge is 0.313 e. The molecule has 4 N–H and O–H groups in total. The molecule has 0 aromatic heterocycles. The standard InChI is InChI=1S/C10H22N2/c1-9(2,3)8-6-4-5-7-10(8,11)12/h8H,4-7,11-12H2,1-3H3. The van der Waals surface area contributed by atoms with E-state index in [9.17, 15) is 0 Å². The van der Waals surface area contributed by atoms with Crippen LogP contribution in [0.5, 0.6) is 0 Å². The summed E-state index contributed by atoms with van der Waals surface area (Å²) in [6.45, 7) is 6.70. The fourth-order valence-corrected chi connectivity index (χ4v) is 2.46. The maximum atomic E-state index is 6.09. The lowest BCUT2D eigenvalue weighted by atomic mass is 9.67. The summed E-state index contributed by atoms with van der Waals surface area (Å²) in [6, 6.07) is 0. The van der Waals surface area contributed by atoms with Gasteiger partial charge in [-0.2, -0.15) is 0 Å². The van der Waals surface area contributed by atoms with Gasteiger partial charge in [0.15, 0.2) is 0 Å². The van der Waals surface area contributed by atoms with Crippen LogP contribution in [0, 0.1) is 11.3 Å². The molecule has 0 aromatic rings. The zero-order chi connectivity index (χ0) is 9.41.